The number of hydrogen-bond acceptors (Lipinski definition) is 0. The number of hydrogen-bond donors (Lipinski definition) is 0. The average molecular weight is 125 g/mol. The molecule has 0 spiro atoms. The summed E-state index contributed by atoms with van der Waals surface area (Å²) in [7, 11) is 0. The first kappa shape index (κ1) is 6.20. The summed E-state index contributed by atoms with van der Waals surface area (Å²) in [4.78, 5) is 0. The molecular weight excluding hydrogens is 122 g/mol. The van der Waals surface area contributed by atoms with E-state index in [9.17, 15) is 8.78 Å². The van der Waals surface area contributed by atoms with Gasteiger partial charge in [0, 0.05) is 12.5 Å². The first-order valence-corrected chi connectivity index (χ1v) is 2.37. The van der Waals surface area contributed by atoms with E-state index in [1.54, 1.807) is 0 Å². The molecule has 0 amide bonds. The van der Waals surface area contributed by atoms with Gasteiger partial charge in [-0.25, -0.2) is 8.78 Å². The minimum atomic E-state index is -0.824. The van der Waals surface area contributed by atoms with Gasteiger partial charge in [0.2, 0.25) is 0 Å². The van der Waals surface area contributed by atoms with Gasteiger partial charge in [0.15, 0.2) is 0 Å². The van der Waals surface area contributed by atoms with E-state index in [-0.39, 0.29) is 0 Å². The highest BCUT2D eigenvalue weighted by molar-refractivity contribution is 5.21. The van der Waals surface area contributed by atoms with Crippen LogP contribution in [-0.2, 0) is 0 Å². The molecule has 0 nitrogen and oxygen atoms in total. The molecule has 1 rings (SSSR count). The summed E-state index contributed by atoms with van der Waals surface area (Å²) in [6.45, 7) is 6.69. The van der Waals surface area contributed by atoms with Crippen molar-refractivity contribution >= 4 is 0 Å². The molecule has 2 heteroatoms. The molecule has 0 aliphatic heterocycles. The van der Waals surface area contributed by atoms with Crippen LogP contribution in [0.4, 0.5) is 8.78 Å². The van der Waals surface area contributed by atoms with E-state index in [0.717, 1.165) is 12.1 Å². The van der Waals surface area contributed by atoms with Crippen molar-refractivity contribution in [3.8, 4) is 0 Å². The summed E-state index contributed by atoms with van der Waals surface area (Å²) in [6, 6.07) is 3.32. The maximum Gasteiger partial charge on any atom is 0.129 e. The van der Waals surface area contributed by atoms with Crippen LogP contribution in [0.3, 0.4) is 0 Å². The third-order valence-corrected chi connectivity index (χ3v) is 0.963. The highest BCUT2D eigenvalue weighted by Gasteiger charge is 2.00. The number of rotatable bonds is 0. The number of benzene rings is 1. The second-order valence-electron chi connectivity index (χ2n) is 1.60. The maximum atomic E-state index is 12.2. The van der Waals surface area contributed by atoms with Crippen LogP contribution in [-0.4, -0.2) is 0 Å². The molecule has 45 valence electrons. The van der Waals surface area contributed by atoms with E-state index in [1.165, 1.54) is 6.07 Å². The quantitative estimate of drug-likeness (QED) is 0.496. The Kier molecular flexibility index (Phi) is 1.47. The Morgan fingerprint density at radius 2 is 1.56 bits per heavy atom. The fourth-order valence-electron chi connectivity index (χ4n) is 0.498. The van der Waals surface area contributed by atoms with Gasteiger partial charge >= 0.3 is 0 Å². The Morgan fingerprint density at radius 1 is 1.11 bits per heavy atom. The smallest absolute Gasteiger partial charge is 0.129 e. The standard InChI is InChI=1S/C7H3F2/c1-5-6(8)3-2-4-7(5)9/h2-4H. The lowest BCUT2D eigenvalue weighted by Crippen LogP contribution is -1.85. The van der Waals surface area contributed by atoms with Crippen LogP contribution in [0.5, 0.6) is 0 Å². The van der Waals surface area contributed by atoms with Crippen molar-refractivity contribution < 1.29 is 8.78 Å². The summed E-state index contributed by atoms with van der Waals surface area (Å²) in [6.07, 6.45) is 0. The van der Waals surface area contributed by atoms with Gasteiger partial charge in [-0.05, 0) is 12.1 Å². The van der Waals surface area contributed by atoms with Gasteiger partial charge in [0.1, 0.15) is 11.6 Å². The largest absolute Gasteiger partial charge is 0.207 e. The van der Waals surface area contributed by atoms with Gasteiger partial charge in [-0.3, -0.25) is 0 Å². The van der Waals surface area contributed by atoms with Gasteiger partial charge in [-0.1, -0.05) is 6.07 Å². The Balaban J connectivity index is 3.25. The molecule has 0 saturated carbocycles. The molecule has 0 bridgehead atoms. The second kappa shape index (κ2) is 2.13. The van der Waals surface area contributed by atoms with Crippen LogP contribution in [0.15, 0.2) is 18.2 Å². The Bertz CT molecular complexity index is 198. The van der Waals surface area contributed by atoms with Gasteiger partial charge < -0.3 is 0 Å². The van der Waals surface area contributed by atoms with Gasteiger partial charge in [-0.2, -0.15) is 0 Å². The van der Waals surface area contributed by atoms with Gasteiger partial charge in [0.05, 0.1) is 0 Å². The fraction of sp³-hybridized carbons (Fsp3) is 0. The van der Waals surface area contributed by atoms with Crippen molar-refractivity contribution in [3.05, 3.63) is 42.3 Å². The van der Waals surface area contributed by atoms with Crippen LogP contribution in [0.2, 0.25) is 0 Å². The Morgan fingerprint density at radius 3 is 1.89 bits per heavy atom. The molecule has 0 aromatic heterocycles. The Labute approximate surface area is 52.1 Å². The summed E-state index contributed by atoms with van der Waals surface area (Å²) in [5, 5.41) is 0. The van der Waals surface area contributed by atoms with Crippen LogP contribution in [0.25, 0.3) is 0 Å². The molecule has 0 aliphatic rings. The summed E-state index contributed by atoms with van der Waals surface area (Å²) >= 11 is 0. The summed E-state index contributed by atoms with van der Waals surface area (Å²) in [5.74, 6) is -1.65. The van der Waals surface area contributed by atoms with Crippen molar-refractivity contribution in [1.29, 1.82) is 0 Å². The lowest BCUT2D eigenvalue weighted by Gasteiger charge is -1.93. The fourth-order valence-corrected chi connectivity index (χ4v) is 0.498. The summed E-state index contributed by atoms with van der Waals surface area (Å²) in [5.41, 5.74) is -0.669. The average Bonchev–Trinajstić information content (AvgIpc) is 1.83. The molecule has 0 aliphatic carbocycles. The Hall–Kier alpha value is -0.920. The van der Waals surface area contributed by atoms with Crippen molar-refractivity contribution in [2.75, 3.05) is 0 Å². The van der Waals surface area contributed by atoms with Crippen LogP contribution in [0, 0.1) is 18.6 Å². The van der Waals surface area contributed by atoms with Crippen LogP contribution in [0.1, 0.15) is 5.56 Å². The monoisotopic (exact) mass is 125 g/mol. The topological polar surface area (TPSA) is 0 Å². The van der Waals surface area contributed by atoms with E-state index in [4.69, 9.17) is 6.92 Å². The molecule has 0 saturated heterocycles. The van der Waals surface area contributed by atoms with Gasteiger partial charge in [0.25, 0.3) is 0 Å². The maximum absolute atomic E-state index is 12.2. The van der Waals surface area contributed by atoms with Gasteiger partial charge in [-0.15, -0.1) is 0 Å². The highest BCUT2D eigenvalue weighted by atomic mass is 19.1. The van der Waals surface area contributed by atoms with Crippen molar-refractivity contribution in [3.63, 3.8) is 0 Å². The molecule has 0 heterocycles. The number of halogens is 2. The summed E-state index contributed by atoms with van der Waals surface area (Å²) < 4.78 is 24.3. The first-order chi connectivity index (χ1) is 4.22. The molecule has 0 atom stereocenters. The molecule has 1 aromatic rings. The third kappa shape index (κ3) is 1.07. The first-order valence-electron chi connectivity index (χ1n) is 2.37. The zero-order valence-electron chi connectivity index (χ0n) is 4.49. The predicted molar refractivity (Wildman–Crippen MR) is 28.7 cm³/mol. The minimum Gasteiger partial charge on any atom is -0.207 e. The normalized spacial score (nSPS) is 9.67. The molecule has 0 unspecified atom stereocenters. The van der Waals surface area contributed by atoms with Crippen LogP contribution < -0.4 is 0 Å². The van der Waals surface area contributed by atoms with Crippen molar-refractivity contribution in [2.45, 2.75) is 0 Å². The van der Waals surface area contributed by atoms with Crippen molar-refractivity contribution in [1.82, 2.24) is 0 Å². The highest BCUT2D eigenvalue weighted by Crippen LogP contribution is 2.08. The molecule has 0 fully saturated rings. The molecule has 1 aromatic carbocycles. The van der Waals surface area contributed by atoms with E-state index in [2.05, 4.69) is 0 Å². The lowest BCUT2D eigenvalue weighted by molar-refractivity contribution is 0.575. The molecule has 9 heavy (non-hydrogen) atoms. The lowest BCUT2D eigenvalue weighted by atomic mass is 10.2. The minimum absolute atomic E-state index is 0.669. The van der Waals surface area contributed by atoms with E-state index in [0.29, 0.717) is 0 Å². The van der Waals surface area contributed by atoms with Crippen molar-refractivity contribution in [2.24, 2.45) is 0 Å². The van der Waals surface area contributed by atoms with Crippen LogP contribution >= 0.6 is 0 Å². The SMILES string of the molecule is [C]c1c(F)cccc1F. The van der Waals surface area contributed by atoms with E-state index >= 15 is 0 Å². The zero-order chi connectivity index (χ0) is 6.85. The molecular formula is C7H3F2. The predicted octanol–water partition coefficient (Wildman–Crippen LogP) is 1.90. The molecule has 0 N–H and O–H groups in total. The molecule has 3 radical (unpaired) electrons. The zero-order valence-corrected chi connectivity index (χ0v) is 4.49. The van der Waals surface area contributed by atoms with E-state index < -0.39 is 17.2 Å². The second-order valence-corrected chi connectivity index (χ2v) is 1.60. The third-order valence-electron chi connectivity index (χ3n) is 0.963. The van der Waals surface area contributed by atoms with E-state index in [1.807, 2.05) is 0 Å².